The van der Waals surface area contributed by atoms with Gasteiger partial charge in [0.15, 0.2) is 0 Å². The molecule has 1 rings (SSSR count). The summed E-state index contributed by atoms with van der Waals surface area (Å²) in [6.07, 6.45) is 4.54. The molecule has 0 aliphatic heterocycles. The van der Waals surface area contributed by atoms with Crippen LogP contribution in [0.1, 0.15) is 39.0 Å². The monoisotopic (exact) mass is 203 g/mol. The molecule has 2 N–H and O–H groups in total. The molecule has 0 aromatic rings. The second-order valence-electron chi connectivity index (χ2n) is 4.63. The minimum atomic E-state index is -0.525. The van der Waals surface area contributed by atoms with E-state index in [2.05, 4.69) is 12.2 Å². The van der Waals surface area contributed by atoms with Gasteiger partial charge in [0.25, 0.3) is 0 Å². The lowest BCUT2D eigenvalue weighted by Crippen LogP contribution is -2.43. The second-order valence-corrected chi connectivity index (χ2v) is 4.63. The first-order valence-electron chi connectivity index (χ1n) is 5.65. The summed E-state index contributed by atoms with van der Waals surface area (Å²) in [5.74, 6) is 0.751. The fourth-order valence-electron chi connectivity index (χ4n) is 1.99. The van der Waals surface area contributed by atoms with Crippen molar-refractivity contribution in [2.24, 2.45) is 5.92 Å². The summed E-state index contributed by atoms with van der Waals surface area (Å²) in [5.41, 5.74) is -0.525. The van der Waals surface area contributed by atoms with Crippen LogP contribution in [0.15, 0.2) is 0 Å². The van der Waals surface area contributed by atoms with Gasteiger partial charge in [0.1, 0.15) is 0 Å². The SMILES string of the molecule is CC1CCC(O)(CNCCCF)CC1. The van der Waals surface area contributed by atoms with E-state index in [1.54, 1.807) is 0 Å². The molecule has 0 aromatic carbocycles. The van der Waals surface area contributed by atoms with Gasteiger partial charge in [-0.15, -0.1) is 0 Å². The Morgan fingerprint density at radius 2 is 2.07 bits per heavy atom. The Morgan fingerprint density at radius 1 is 1.43 bits per heavy atom. The third-order valence-corrected chi connectivity index (χ3v) is 3.15. The molecule has 0 atom stereocenters. The molecule has 0 aromatic heterocycles. The molecule has 14 heavy (non-hydrogen) atoms. The molecule has 0 bridgehead atoms. The Kier molecular flexibility index (Phi) is 4.82. The lowest BCUT2D eigenvalue weighted by Gasteiger charge is -2.35. The zero-order valence-electron chi connectivity index (χ0n) is 9.06. The van der Waals surface area contributed by atoms with Gasteiger partial charge in [-0.05, 0) is 44.6 Å². The highest BCUT2D eigenvalue weighted by Crippen LogP contribution is 2.31. The van der Waals surface area contributed by atoms with Crippen molar-refractivity contribution in [3.8, 4) is 0 Å². The summed E-state index contributed by atoms with van der Waals surface area (Å²) < 4.78 is 11.8. The molecular formula is C11H22FNO. The Balaban J connectivity index is 2.15. The molecule has 0 heterocycles. The number of hydrogen-bond donors (Lipinski definition) is 2. The molecule has 2 nitrogen and oxygen atoms in total. The topological polar surface area (TPSA) is 32.3 Å². The Hall–Kier alpha value is -0.150. The molecule has 0 saturated heterocycles. The van der Waals surface area contributed by atoms with E-state index >= 15 is 0 Å². The van der Waals surface area contributed by atoms with Crippen LogP contribution in [0.4, 0.5) is 4.39 Å². The standard InChI is InChI=1S/C11H22FNO/c1-10-3-5-11(14,6-4-10)9-13-8-2-7-12/h10,13-14H,2-9H2,1H3. The number of rotatable bonds is 5. The van der Waals surface area contributed by atoms with Gasteiger partial charge in [-0.1, -0.05) is 6.92 Å². The van der Waals surface area contributed by atoms with Crippen LogP contribution in [0.5, 0.6) is 0 Å². The summed E-state index contributed by atoms with van der Waals surface area (Å²) in [6.45, 7) is 3.26. The largest absolute Gasteiger partial charge is 0.389 e. The van der Waals surface area contributed by atoms with Gasteiger partial charge >= 0.3 is 0 Å². The van der Waals surface area contributed by atoms with Crippen molar-refractivity contribution in [1.29, 1.82) is 0 Å². The number of hydrogen-bond acceptors (Lipinski definition) is 2. The van der Waals surface area contributed by atoms with E-state index in [9.17, 15) is 9.50 Å². The molecule has 0 spiro atoms. The number of aliphatic hydroxyl groups is 1. The van der Waals surface area contributed by atoms with Crippen LogP contribution >= 0.6 is 0 Å². The third-order valence-electron chi connectivity index (χ3n) is 3.15. The van der Waals surface area contributed by atoms with E-state index < -0.39 is 5.60 Å². The minimum absolute atomic E-state index is 0.275. The van der Waals surface area contributed by atoms with Crippen LogP contribution in [0.25, 0.3) is 0 Å². The first-order chi connectivity index (χ1) is 6.66. The maximum absolute atomic E-state index is 11.8. The highest BCUT2D eigenvalue weighted by molar-refractivity contribution is 4.86. The number of halogens is 1. The van der Waals surface area contributed by atoms with Crippen LogP contribution in [0.3, 0.4) is 0 Å². The summed E-state index contributed by atoms with van der Waals surface area (Å²) in [4.78, 5) is 0. The van der Waals surface area contributed by atoms with Crippen LogP contribution in [0, 0.1) is 5.92 Å². The molecule has 0 unspecified atom stereocenters. The predicted octanol–water partition coefficient (Wildman–Crippen LogP) is 1.88. The summed E-state index contributed by atoms with van der Waals surface area (Å²) in [5, 5.41) is 13.3. The van der Waals surface area contributed by atoms with Crippen molar-refractivity contribution in [3.05, 3.63) is 0 Å². The molecule has 1 aliphatic rings. The van der Waals surface area contributed by atoms with Crippen molar-refractivity contribution in [2.75, 3.05) is 19.8 Å². The molecule has 1 fully saturated rings. The van der Waals surface area contributed by atoms with Crippen molar-refractivity contribution in [3.63, 3.8) is 0 Å². The van der Waals surface area contributed by atoms with Gasteiger partial charge in [0.2, 0.25) is 0 Å². The fraction of sp³-hybridized carbons (Fsp3) is 1.00. The summed E-state index contributed by atoms with van der Waals surface area (Å²) in [6, 6.07) is 0. The first kappa shape index (κ1) is 11.9. The highest BCUT2D eigenvalue weighted by Gasteiger charge is 2.30. The minimum Gasteiger partial charge on any atom is -0.389 e. The van der Waals surface area contributed by atoms with E-state index in [1.165, 1.54) is 0 Å². The van der Waals surface area contributed by atoms with Gasteiger partial charge in [0, 0.05) is 6.54 Å². The average molecular weight is 203 g/mol. The van der Waals surface area contributed by atoms with Gasteiger partial charge in [-0.25, -0.2) is 0 Å². The Morgan fingerprint density at radius 3 is 2.64 bits per heavy atom. The molecule has 84 valence electrons. The average Bonchev–Trinajstić information content (AvgIpc) is 2.18. The van der Waals surface area contributed by atoms with Crippen molar-refractivity contribution < 1.29 is 9.50 Å². The summed E-state index contributed by atoms with van der Waals surface area (Å²) >= 11 is 0. The van der Waals surface area contributed by atoms with E-state index in [0.29, 0.717) is 19.5 Å². The van der Waals surface area contributed by atoms with Crippen molar-refractivity contribution >= 4 is 0 Å². The van der Waals surface area contributed by atoms with Gasteiger partial charge < -0.3 is 10.4 Å². The first-order valence-corrected chi connectivity index (χ1v) is 5.65. The Labute approximate surface area is 85.9 Å². The van der Waals surface area contributed by atoms with Crippen LogP contribution in [0.2, 0.25) is 0 Å². The van der Waals surface area contributed by atoms with E-state index in [-0.39, 0.29) is 6.67 Å². The fourth-order valence-corrected chi connectivity index (χ4v) is 1.99. The lowest BCUT2D eigenvalue weighted by molar-refractivity contribution is -0.00600. The van der Waals surface area contributed by atoms with Crippen LogP contribution < -0.4 is 5.32 Å². The highest BCUT2D eigenvalue weighted by atomic mass is 19.1. The van der Waals surface area contributed by atoms with E-state index in [4.69, 9.17) is 0 Å². The number of alkyl halides is 1. The third kappa shape index (κ3) is 3.93. The molecule has 1 aliphatic carbocycles. The second kappa shape index (κ2) is 5.66. The molecule has 0 radical (unpaired) electrons. The smallest absolute Gasteiger partial charge is 0.0906 e. The predicted molar refractivity (Wildman–Crippen MR) is 56.0 cm³/mol. The van der Waals surface area contributed by atoms with E-state index in [0.717, 1.165) is 31.6 Å². The zero-order chi connectivity index (χ0) is 10.4. The van der Waals surface area contributed by atoms with Crippen molar-refractivity contribution in [1.82, 2.24) is 5.32 Å². The van der Waals surface area contributed by atoms with Crippen molar-refractivity contribution in [2.45, 2.75) is 44.6 Å². The lowest BCUT2D eigenvalue weighted by atomic mass is 9.79. The van der Waals surface area contributed by atoms with E-state index in [1.807, 2.05) is 0 Å². The van der Waals surface area contributed by atoms with Gasteiger partial charge in [-0.2, -0.15) is 0 Å². The molecule has 0 amide bonds. The quantitative estimate of drug-likeness (QED) is 0.669. The van der Waals surface area contributed by atoms with Crippen LogP contribution in [-0.4, -0.2) is 30.5 Å². The Bertz CT molecular complexity index is 155. The summed E-state index contributed by atoms with van der Waals surface area (Å²) in [7, 11) is 0. The molecular weight excluding hydrogens is 181 g/mol. The maximum atomic E-state index is 11.8. The van der Waals surface area contributed by atoms with Gasteiger partial charge in [0.05, 0.1) is 12.3 Å². The van der Waals surface area contributed by atoms with Crippen LogP contribution in [-0.2, 0) is 0 Å². The normalized spacial score (nSPS) is 33.2. The molecule has 1 saturated carbocycles. The van der Waals surface area contributed by atoms with Gasteiger partial charge in [-0.3, -0.25) is 4.39 Å². The maximum Gasteiger partial charge on any atom is 0.0906 e. The molecule has 3 heteroatoms. The zero-order valence-corrected chi connectivity index (χ0v) is 9.06. The number of nitrogens with one attached hydrogen (secondary N) is 1.